The van der Waals surface area contributed by atoms with Crippen molar-refractivity contribution in [1.29, 1.82) is 0 Å². The number of ether oxygens (including phenoxy) is 1. The van der Waals surface area contributed by atoms with Crippen molar-refractivity contribution in [2.24, 2.45) is 0 Å². The number of amides is 1. The smallest absolute Gasteiger partial charge is 0.328 e. The number of carbonyl (C=O) groups is 2. The lowest BCUT2D eigenvalue weighted by molar-refractivity contribution is -0.131. The Morgan fingerprint density at radius 3 is 2.70 bits per heavy atom. The topological polar surface area (TPSA) is 66.8 Å². The highest BCUT2D eigenvalue weighted by Crippen LogP contribution is 2.29. The minimum atomic E-state index is -1.01. The maximum atomic E-state index is 12.5. The number of thiophene rings is 1. The van der Waals surface area contributed by atoms with Crippen LogP contribution in [0.4, 0.5) is 0 Å². The summed E-state index contributed by atoms with van der Waals surface area (Å²) in [7, 11) is 0. The Morgan fingerprint density at radius 1 is 1.35 bits per heavy atom. The molecule has 3 heterocycles. The summed E-state index contributed by atoms with van der Waals surface area (Å²) >= 11 is 1.35. The molecule has 2 bridgehead atoms. The first kappa shape index (κ1) is 13.3. The first-order chi connectivity index (χ1) is 9.63. The quantitative estimate of drug-likeness (QED) is 0.864. The van der Waals surface area contributed by atoms with Gasteiger partial charge in [-0.25, -0.2) is 4.79 Å². The van der Waals surface area contributed by atoms with Crippen LogP contribution in [0.15, 0.2) is 17.5 Å². The Morgan fingerprint density at radius 2 is 2.05 bits per heavy atom. The molecule has 5 nitrogen and oxygen atoms in total. The number of carboxylic acids is 1. The number of fused-ring (bicyclic) bond motifs is 2. The lowest BCUT2D eigenvalue weighted by atomic mass is 10.2. The third kappa shape index (κ3) is 2.62. The molecular weight excluding hydrogens is 278 g/mol. The summed E-state index contributed by atoms with van der Waals surface area (Å²) < 4.78 is 5.72. The summed E-state index contributed by atoms with van der Waals surface area (Å²) in [6, 6.07) is 1.77. The van der Waals surface area contributed by atoms with Crippen LogP contribution >= 0.6 is 11.3 Å². The van der Waals surface area contributed by atoms with Crippen LogP contribution in [0.3, 0.4) is 0 Å². The number of morpholine rings is 1. The van der Waals surface area contributed by atoms with Gasteiger partial charge >= 0.3 is 5.97 Å². The summed E-state index contributed by atoms with van der Waals surface area (Å²) in [5.74, 6) is -1.04. The van der Waals surface area contributed by atoms with Crippen molar-refractivity contribution in [3.8, 4) is 0 Å². The molecule has 2 aliphatic heterocycles. The second-order valence-corrected chi connectivity index (χ2v) is 5.96. The van der Waals surface area contributed by atoms with Crippen LogP contribution in [0.2, 0.25) is 0 Å². The predicted molar refractivity (Wildman–Crippen MR) is 74.8 cm³/mol. The van der Waals surface area contributed by atoms with Gasteiger partial charge in [-0.3, -0.25) is 4.79 Å². The van der Waals surface area contributed by atoms with Crippen LogP contribution < -0.4 is 0 Å². The van der Waals surface area contributed by atoms with Gasteiger partial charge in [0.05, 0.1) is 17.1 Å². The standard InChI is InChI=1S/C14H15NO4S/c16-12(17)4-1-9-5-6-20-13(9)14(18)15-7-10-2-3-11(8-15)19-10/h1,4-6,10-11H,2-3,7-8H2,(H,16,17). The molecular formula is C14H15NO4S. The summed E-state index contributed by atoms with van der Waals surface area (Å²) in [4.78, 5) is 25.6. The molecule has 20 heavy (non-hydrogen) atoms. The van der Waals surface area contributed by atoms with E-state index in [-0.39, 0.29) is 18.1 Å². The van der Waals surface area contributed by atoms with Gasteiger partial charge in [0.2, 0.25) is 0 Å². The molecule has 1 amide bonds. The van der Waals surface area contributed by atoms with Gasteiger partial charge in [0.15, 0.2) is 0 Å². The number of hydrogen-bond acceptors (Lipinski definition) is 4. The Balaban J connectivity index is 1.77. The van der Waals surface area contributed by atoms with E-state index in [9.17, 15) is 9.59 Å². The molecule has 0 radical (unpaired) electrons. The van der Waals surface area contributed by atoms with E-state index in [4.69, 9.17) is 9.84 Å². The fourth-order valence-electron chi connectivity index (χ4n) is 2.71. The Bertz CT molecular complexity index is 553. The van der Waals surface area contributed by atoms with Crippen LogP contribution in [-0.2, 0) is 9.53 Å². The molecule has 106 valence electrons. The zero-order valence-electron chi connectivity index (χ0n) is 10.8. The normalized spacial score (nSPS) is 25.3. The highest BCUT2D eigenvalue weighted by molar-refractivity contribution is 7.12. The molecule has 2 fully saturated rings. The zero-order chi connectivity index (χ0) is 14.1. The van der Waals surface area contributed by atoms with Gasteiger partial charge in [-0.15, -0.1) is 11.3 Å². The average Bonchev–Trinajstić information content (AvgIpc) is 3.02. The van der Waals surface area contributed by atoms with E-state index in [0.717, 1.165) is 18.9 Å². The molecule has 1 aromatic heterocycles. The summed E-state index contributed by atoms with van der Waals surface area (Å²) in [5.41, 5.74) is 0.668. The largest absolute Gasteiger partial charge is 0.478 e. The number of carbonyl (C=O) groups excluding carboxylic acids is 1. The third-order valence-electron chi connectivity index (χ3n) is 3.63. The molecule has 2 atom stereocenters. The van der Waals surface area contributed by atoms with Crippen molar-refractivity contribution < 1.29 is 19.4 Å². The SMILES string of the molecule is O=C(O)C=Cc1ccsc1C(=O)N1CC2CCC(C1)O2. The maximum absolute atomic E-state index is 12.5. The van der Waals surface area contributed by atoms with Gasteiger partial charge in [-0.1, -0.05) is 0 Å². The third-order valence-corrected chi connectivity index (χ3v) is 4.54. The summed E-state index contributed by atoms with van der Waals surface area (Å²) in [5, 5.41) is 10.5. The van der Waals surface area contributed by atoms with Crippen molar-refractivity contribution in [1.82, 2.24) is 4.90 Å². The van der Waals surface area contributed by atoms with Crippen LogP contribution in [0, 0.1) is 0 Å². The number of carboxylic acid groups (broad SMARTS) is 1. The first-order valence-electron chi connectivity index (χ1n) is 6.56. The molecule has 0 spiro atoms. The molecule has 2 saturated heterocycles. The van der Waals surface area contributed by atoms with Gasteiger partial charge in [0.25, 0.3) is 5.91 Å². The lowest BCUT2D eigenvalue weighted by Crippen LogP contribution is -2.45. The first-order valence-corrected chi connectivity index (χ1v) is 7.44. The van der Waals surface area contributed by atoms with Crippen molar-refractivity contribution in [2.75, 3.05) is 13.1 Å². The molecule has 0 aromatic carbocycles. The van der Waals surface area contributed by atoms with E-state index in [0.29, 0.717) is 23.5 Å². The van der Waals surface area contributed by atoms with Crippen LogP contribution in [0.25, 0.3) is 6.08 Å². The van der Waals surface area contributed by atoms with E-state index in [1.54, 1.807) is 6.07 Å². The Kier molecular flexibility index (Phi) is 3.58. The van der Waals surface area contributed by atoms with Crippen molar-refractivity contribution in [2.45, 2.75) is 25.0 Å². The van der Waals surface area contributed by atoms with Crippen molar-refractivity contribution >= 4 is 29.3 Å². The molecule has 2 aliphatic rings. The van der Waals surface area contributed by atoms with Crippen molar-refractivity contribution in [3.05, 3.63) is 28.0 Å². The lowest BCUT2D eigenvalue weighted by Gasteiger charge is -2.32. The minimum Gasteiger partial charge on any atom is -0.478 e. The van der Waals surface area contributed by atoms with Gasteiger partial charge in [0, 0.05) is 19.2 Å². The molecule has 3 rings (SSSR count). The molecule has 0 aliphatic carbocycles. The fraction of sp³-hybridized carbons (Fsp3) is 0.429. The van der Waals surface area contributed by atoms with E-state index in [1.807, 2.05) is 10.3 Å². The molecule has 1 N–H and O–H groups in total. The van der Waals surface area contributed by atoms with Crippen LogP contribution in [0.1, 0.15) is 28.1 Å². The zero-order valence-corrected chi connectivity index (χ0v) is 11.6. The van der Waals surface area contributed by atoms with E-state index < -0.39 is 5.97 Å². The van der Waals surface area contributed by atoms with Gasteiger partial charge < -0.3 is 14.7 Å². The number of rotatable bonds is 3. The monoisotopic (exact) mass is 293 g/mol. The van der Waals surface area contributed by atoms with E-state index in [2.05, 4.69) is 0 Å². The number of nitrogens with zero attached hydrogens (tertiary/aromatic N) is 1. The van der Waals surface area contributed by atoms with Gasteiger partial charge in [0.1, 0.15) is 0 Å². The van der Waals surface area contributed by atoms with Gasteiger partial charge in [-0.05, 0) is 35.9 Å². The highest BCUT2D eigenvalue weighted by Gasteiger charge is 2.36. The van der Waals surface area contributed by atoms with Crippen molar-refractivity contribution in [3.63, 3.8) is 0 Å². The second-order valence-electron chi connectivity index (χ2n) is 5.04. The number of hydrogen-bond donors (Lipinski definition) is 1. The fourth-order valence-corrected chi connectivity index (χ4v) is 3.56. The molecule has 6 heteroatoms. The van der Waals surface area contributed by atoms with Crippen LogP contribution in [0.5, 0.6) is 0 Å². The maximum Gasteiger partial charge on any atom is 0.328 e. The number of aliphatic carboxylic acids is 1. The predicted octanol–water partition coefficient (Wildman–Crippen LogP) is 1.85. The molecule has 0 saturated carbocycles. The van der Waals surface area contributed by atoms with E-state index >= 15 is 0 Å². The Hall–Kier alpha value is -1.66. The van der Waals surface area contributed by atoms with Crippen LogP contribution in [-0.4, -0.2) is 47.2 Å². The average molecular weight is 293 g/mol. The minimum absolute atomic E-state index is 0.0229. The number of likely N-dealkylation sites (tertiary alicyclic amines) is 1. The highest BCUT2D eigenvalue weighted by atomic mass is 32.1. The molecule has 2 unspecified atom stereocenters. The van der Waals surface area contributed by atoms with E-state index in [1.165, 1.54) is 17.4 Å². The Labute approximate surface area is 120 Å². The van der Waals surface area contributed by atoms with Gasteiger partial charge in [-0.2, -0.15) is 0 Å². The molecule has 1 aromatic rings. The summed E-state index contributed by atoms with van der Waals surface area (Å²) in [6.45, 7) is 1.27. The second kappa shape index (κ2) is 5.38. The summed E-state index contributed by atoms with van der Waals surface area (Å²) in [6.07, 6.45) is 4.89.